The lowest BCUT2D eigenvalue weighted by Crippen LogP contribution is -2.22. The molecule has 1 aliphatic rings. The molecule has 0 radical (unpaired) electrons. The standard InChI is InChI=1S/C26H27FN2O5S/c1-15-13-20(16(2)29(15)18-11-9-17(27)10-12-18)25(31)34-14-22(30)28-24-23(26(32)33-3)19-7-5-4-6-8-21(19)35-24/h9-13H,4-8,14H2,1-3H3,(H,28,30). The van der Waals surface area contributed by atoms with Crippen molar-refractivity contribution in [1.29, 1.82) is 0 Å². The molecule has 0 aliphatic heterocycles. The quantitative estimate of drug-likeness (QED) is 0.375. The first-order valence-electron chi connectivity index (χ1n) is 11.4. The van der Waals surface area contributed by atoms with Gasteiger partial charge in [-0.25, -0.2) is 14.0 Å². The predicted octanol–water partition coefficient (Wildman–Crippen LogP) is 5.15. The van der Waals surface area contributed by atoms with Crippen molar-refractivity contribution in [2.45, 2.75) is 46.0 Å². The van der Waals surface area contributed by atoms with Gasteiger partial charge in [-0.1, -0.05) is 6.42 Å². The number of aromatic nitrogens is 1. The third kappa shape index (κ3) is 5.14. The minimum atomic E-state index is -0.642. The van der Waals surface area contributed by atoms with Crippen molar-refractivity contribution in [2.75, 3.05) is 19.0 Å². The summed E-state index contributed by atoms with van der Waals surface area (Å²) in [7, 11) is 1.32. The Morgan fingerprint density at radius 2 is 1.77 bits per heavy atom. The van der Waals surface area contributed by atoms with Crippen molar-refractivity contribution in [3.05, 3.63) is 69.1 Å². The van der Waals surface area contributed by atoms with Gasteiger partial charge in [0.1, 0.15) is 10.8 Å². The Balaban J connectivity index is 1.46. The van der Waals surface area contributed by atoms with Gasteiger partial charge in [0.25, 0.3) is 5.91 Å². The van der Waals surface area contributed by atoms with Crippen LogP contribution in [0.15, 0.2) is 30.3 Å². The molecule has 7 nitrogen and oxygen atoms in total. The average Bonchev–Trinajstić information content (AvgIpc) is 3.22. The maximum atomic E-state index is 13.3. The number of halogens is 1. The second-order valence-electron chi connectivity index (χ2n) is 8.48. The number of anilines is 1. The van der Waals surface area contributed by atoms with Crippen LogP contribution in [0.2, 0.25) is 0 Å². The summed E-state index contributed by atoms with van der Waals surface area (Å²) in [5.41, 5.74) is 3.77. The van der Waals surface area contributed by atoms with Crippen LogP contribution < -0.4 is 5.32 Å². The molecule has 0 saturated heterocycles. The number of nitrogens with zero attached hydrogens (tertiary/aromatic N) is 1. The van der Waals surface area contributed by atoms with E-state index in [1.54, 1.807) is 25.1 Å². The van der Waals surface area contributed by atoms with Gasteiger partial charge in [-0.15, -0.1) is 11.3 Å². The van der Waals surface area contributed by atoms with E-state index in [2.05, 4.69) is 5.32 Å². The number of fused-ring (bicyclic) bond motifs is 1. The Morgan fingerprint density at radius 1 is 1.06 bits per heavy atom. The number of methoxy groups -OCH3 is 1. The minimum absolute atomic E-state index is 0.317. The van der Waals surface area contributed by atoms with Crippen molar-refractivity contribution in [3.63, 3.8) is 0 Å². The van der Waals surface area contributed by atoms with Crippen LogP contribution >= 0.6 is 11.3 Å². The summed E-state index contributed by atoms with van der Waals surface area (Å²) in [5, 5.41) is 3.16. The third-order valence-corrected chi connectivity index (χ3v) is 7.34. The van der Waals surface area contributed by atoms with Gasteiger partial charge in [-0.3, -0.25) is 4.79 Å². The lowest BCUT2D eigenvalue weighted by molar-refractivity contribution is -0.119. The molecule has 1 aliphatic carbocycles. The number of aryl methyl sites for hydroxylation is 2. The van der Waals surface area contributed by atoms with E-state index < -0.39 is 24.5 Å². The summed E-state index contributed by atoms with van der Waals surface area (Å²) in [6.07, 6.45) is 4.75. The predicted molar refractivity (Wildman–Crippen MR) is 131 cm³/mol. The fourth-order valence-electron chi connectivity index (χ4n) is 4.48. The number of carbonyl (C=O) groups excluding carboxylic acids is 3. The van der Waals surface area contributed by atoms with Crippen LogP contribution in [-0.2, 0) is 27.1 Å². The summed E-state index contributed by atoms with van der Waals surface area (Å²) in [4.78, 5) is 38.9. The number of ether oxygens (including phenoxy) is 2. The molecule has 0 fully saturated rings. The number of carbonyl (C=O) groups is 3. The van der Waals surface area contributed by atoms with E-state index in [9.17, 15) is 18.8 Å². The molecule has 1 N–H and O–H groups in total. The van der Waals surface area contributed by atoms with Crippen LogP contribution in [0, 0.1) is 19.7 Å². The molecule has 0 spiro atoms. The van der Waals surface area contributed by atoms with Crippen molar-refractivity contribution < 1.29 is 28.2 Å². The molecule has 1 amide bonds. The van der Waals surface area contributed by atoms with Crippen LogP contribution in [0.5, 0.6) is 0 Å². The van der Waals surface area contributed by atoms with Crippen LogP contribution in [0.4, 0.5) is 9.39 Å². The first-order valence-corrected chi connectivity index (χ1v) is 12.3. The lowest BCUT2D eigenvalue weighted by atomic mass is 10.1. The summed E-state index contributed by atoms with van der Waals surface area (Å²) in [5.74, 6) is -2.01. The van der Waals surface area contributed by atoms with Gasteiger partial charge in [0.15, 0.2) is 6.61 Å². The zero-order chi connectivity index (χ0) is 25.1. The lowest BCUT2D eigenvalue weighted by Gasteiger charge is -2.10. The summed E-state index contributed by atoms with van der Waals surface area (Å²) in [6, 6.07) is 7.62. The zero-order valence-corrected chi connectivity index (χ0v) is 20.7. The van der Waals surface area contributed by atoms with Gasteiger partial charge in [0.2, 0.25) is 0 Å². The van der Waals surface area contributed by atoms with E-state index in [1.165, 1.54) is 30.6 Å². The number of thiophene rings is 1. The Bertz CT molecular complexity index is 1280. The Labute approximate surface area is 206 Å². The molecule has 2 aromatic heterocycles. The fourth-order valence-corrected chi connectivity index (χ4v) is 5.77. The highest BCUT2D eigenvalue weighted by molar-refractivity contribution is 7.17. The molecule has 184 valence electrons. The van der Waals surface area contributed by atoms with Gasteiger partial charge in [-0.05, 0) is 75.4 Å². The summed E-state index contributed by atoms with van der Waals surface area (Å²) >= 11 is 1.38. The van der Waals surface area contributed by atoms with E-state index in [4.69, 9.17) is 9.47 Å². The third-order valence-electron chi connectivity index (χ3n) is 6.13. The fraction of sp³-hybridized carbons (Fsp3) is 0.346. The first kappa shape index (κ1) is 24.7. The van der Waals surface area contributed by atoms with Gasteiger partial charge in [-0.2, -0.15) is 0 Å². The molecule has 2 heterocycles. The van der Waals surface area contributed by atoms with Gasteiger partial charge < -0.3 is 19.4 Å². The SMILES string of the molecule is COC(=O)c1c(NC(=O)COC(=O)c2cc(C)n(-c3ccc(F)cc3)c2C)sc2c1CCCCC2. The Hall–Kier alpha value is -3.46. The van der Waals surface area contributed by atoms with Gasteiger partial charge in [0.05, 0.1) is 18.2 Å². The molecular formula is C26H27FN2O5S. The van der Waals surface area contributed by atoms with E-state index in [1.807, 2.05) is 11.5 Å². The highest BCUT2D eigenvalue weighted by Gasteiger charge is 2.27. The zero-order valence-electron chi connectivity index (χ0n) is 19.9. The number of rotatable bonds is 6. The Morgan fingerprint density at radius 3 is 2.49 bits per heavy atom. The smallest absolute Gasteiger partial charge is 0.341 e. The second-order valence-corrected chi connectivity index (χ2v) is 9.59. The maximum Gasteiger partial charge on any atom is 0.341 e. The van der Waals surface area contributed by atoms with E-state index >= 15 is 0 Å². The summed E-state index contributed by atoms with van der Waals surface area (Å²) < 4.78 is 25.4. The molecule has 0 atom stereocenters. The Kier molecular flexibility index (Phi) is 7.35. The molecule has 0 unspecified atom stereocenters. The summed E-state index contributed by atoms with van der Waals surface area (Å²) in [6.45, 7) is 3.09. The average molecular weight is 499 g/mol. The first-order chi connectivity index (χ1) is 16.8. The largest absolute Gasteiger partial charge is 0.465 e. The topological polar surface area (TPSA) is 86.6 Å². The van der Waals surface area contributed by atoms with E-state index in [0.29, 0.717) is 27.5 Å². The number of esters is 2. The molecule has 0 saturated carbocycles. The molecule has 1 aromatic carbocycles. The van der Waals surface area contributed by atoms with Crippen molar-refractivity contribution >= 4 is 34.2 Å². The van der Waals surface area contributed by atoms with Crippen LogP contribution in [0.25, 0.3) is 5.69 Å². The van der Waals surface area contributed by atoms with E-state index in [-0.39, 0.29) is 5.82 Å². The molecular weight excluding hydrogens is 471 g/mol. The minimum Gasteiger partial charge on any atom is -0.465 e. The number of hydrogen-bond donors (Lipinski definition) is 1. The number of amides is 1. The molecule has 4 rings (SSSR count). The highest BCUT2D eigenvalue weighted by Crippen LogP contribution is 2.38. The van der Waals surface area contributed by atoms with Crippen LogP contribution in [0.1, 0.15) is 61.8 Å². The normalized spacial score (nSPS) is 13.0. The van der Waals surface area contributed by atoms with E-state index in [0.717, 1.165) is 48.2 Å². The number of benzene rings is 1. The molecule has 3 aromatic rings. The van der Waals surface area contributed by atoms with Crippen molar-refractivity contribution in [2.24, 2.45) is 0 Å². The number of nitrogens with one attached hydrogen (secondary N) is 1. The highest BCUT2D eigenvalue weighted by atomic mass is 32.1. The van der Waals surface area contributed by atoms with Crippen LogP contribution in [-0.4, -0.2) is 36.1 Å². The monoisotopic (exact) mass is 498 g/mol. The molecule has 0 bridgehead atoms. The van der Waals surface area contributed by atoms with Crippen molar-refractivity contribution in [3.8, 4) is 5.69 Å². The van der Waals surface area contributed by atoms with Crippen LogP contribution in [0.3, 0.4) is 0 Å². The maximum absolute atomic E-state index is 13.3. The van der Waals surface area contributed by atoms with Gasteiger partial charge in [0, 0.05) is 22.0 Å². The van der Waals surface area contributed by atoms with Gasteiger partial charge >= 0.3 is 11.9 Å². The molecule has 35 heavy (non-hydrogen) atoms. The number of hydrogen-bond acceptors (Lipinski definition) is 6. The second kappa shape index (κ2) is 10.4. The van der Waals surface area contributed by atoms with Crippen molar-refractivity contribution in [1.82, 2.24) is 4.57 Å². The molecule has 9 heteroatoms.